The first-order valence-electron chi connectivity index (χ1n) is 5.76. The Labute approximate surface area is 107 Å². The smallest absolute Gasteiger partial charge is 0.326 e. The Morgan fingerprint density at radius 1 is 1.33 bits per heavy atom. The molecular weight excluding hydrogens is 258 g/mol. The summed E-state index contributed by atoms with van der Waals surface area (Å²) in [7, 11) is -3.14. The van der Waals surface area contributed by atoms with E-state index in [0.717, 1.165) is 0 Å². The highest BCUT2D eigenvalue weighted by Gasteiger charge is 2.38. The Kier molecular flexibility index (Phi) is 4.05. The van der Waals surface area contributed by atoms with Crippen LogP contribution in [0.15, 0.2) is 0 Å². The zero-order chi connectivity index (χ0) is 14.1. The maximum Gasteiger partial charge on any atom is 0.326 e. The fourth-order valence-corrected chi connectivity index (χ4v) is 3.65. The number of carboxylic acid groups (broad SMARTS) is 1. The molecule has 1 rings (SSSR count). The summed E-state index contributed by atoms with van der Waals surface area (Å²) in [4.78, 5) is 22.9. The molecule has 2 N–H and O–H groups in total. The normalized spacial score (nSPS) is 24.5. The van der Waals surface area contributed by atoms with Gasteiger partial charge < -0.3 is 10.4 Å². The van der Waals surface area contributed by atoms with E-state index in [9.17, 15) is 18.0 Å². The van der Waals surface area contributed by atoms with Crippen LogP contribution in [0.1, 0.15) is 27.2 Å². The number of nitrogens with one attached hydrogen (secondary N) is 1. The van der Waals surface area contributed by atoms with Crippen molar-refractivity contribution in [3.63, 3.8) is 0 Å². The van der Waals surface area contributed by atoms with Crippen LogP contribution in [0.5, 0.6) is 0 Å². The van der Waals surface area contributed by atoms with Gasteiger partial charge in [0, 0.05) is 0 Å². The first-order chi connectivity index (χ1) is 8.03. The molecule has 1 amide bonds. The molecular formula is C11H19NO5S. The van der Waals surface area contributed by atoms with Gasteiger partial charge in [0.1, 0.15) is 6.04 Å². The Hall–Kier alpha value is -1.11. The Bertz CT molecular complexity index is 449. The fraction of sp³-hybridized carbons (Fsp3) is 0.818. The lowest BCUT2D eigenvalue weighted by atomic mass is 9.86. The van der Waals surface area contributed by atoms with Gasteiger partial charge >= 0.3 is 5.97 Å². The number of sulfone groups is 1. The number of carbonyl (C=O) groups is 2. The van der Waals surface area contributed by atoms with Crippen molar-refractivity contribution in [3.8, 4) is 0 Å². The number of rotatable bonds is 3. The van der Waals surface area contributed by atoms with Gasteiger partial charge in [0.05, 0.1) is 17.4 Å². The van der Waals surface area contributed by atoms with Crippen LogP contribution < -0.4 is 5.32 Å². The number of aliphatic carboxylic acids is 1. The standard InChI is InChI=1S/C11H19NO5S/c1-11(2,3)8(10(14)15)12-9(13)7-4-5-18(16,17)6-7/h7-8H,4-6H2,1-3H3,(H,12,13)(H,14,15). The number of amides is 1. The first-order valence-corrected chi connectivity index (χ1v) is 7.59. The molecule has 2 unspecified atom stereocenters. The van der Waals surface area contributed by atoms with Crippen LogP contribution in [0, 0.1) is 11.3 Å². The van der Waals surface area contributed by atoms with Gasteiger partial charge in [-0.2, -0.15) is 0 Å². The van der Waals surface area contributed by atoms with Crippen LogP contribution in [0.4, 0.5) is 0 Å². The van der Waals surface area contributed by atoms with Crippen LogP contribution in [0.2, 0.25) is 0 Å². The molecule has 1 aliphatic rings. The van der Waals surface area contributed by atoms with Crippen LogP contribution in [0.25, 0.3) is 0 Å². The molecule has 6 nitrogen and oxygen atoms in total. The number of hydrogen-bond acceptors (Lipinski definition) is 4. The van der Waals surface area contributed by atoms with Crippen molar-refractivity contribution in [2.24, 2.45) is 11.3 Å². The second kappa shape index (κ2) is 4.87. The van der Waals surface area contributed by atoms with Gasteiger partial charge in [-0.15, -0.1) is 0 Å². The zero-order valence-electron chi connectivity index (χ0n) is 10.8. The van der Waals surface area contributed by atoms with E-state index in [-0.39, 0.29) is 17.9 Å². The van der Waals surface area contributed by atoms with Crippen molar-refractivity contribution in [3.05, 3.63) is 0 Å². The largest absolute Gasteiger partial charge is 0.480 e. The predicted octanol–water partition coefficient (Wildman–Crippen LogP) is 0.0366. The van der Waals surface area contributed by atoms with Crippen LogP contribution >= 0.6 is 0 Å². The Morgan fingerprint density at radius 2 is 1.89 bits per heavy atom. The molecule has 0 radical (unpaired) electrons. The van der Waals surface area contributed by atoms with E-state index in [2.05, 4.69) is 5.32 Å². The topological polar surface area (TPSA) is 101 Å². The van der Waals surface area contributed by atoms with E-state index in [1.54, 1.807) is 20.8 Å². The number of hydrogen-bond donors (Lipinski definition) is 2. The van der Waals surface area contributed by atoms with Gasteiger partial charge in [-0.1, -0.05) is 20.8 Å². The maximum atomic E-state index is 11.9. The summed E-state index contributed by atoms with van der Waals surface area (Å²) in [5.74, 6) is -2.41. The summed E-state index contributed by atoms with van der Waals surface area (Å²) in [5.41, 5.74) is -0.626. The number of carboxylic acids is 1. The van der Waals surface area contributed by atoms with E-state index < -0.39 is 39.1 Å². The maximum absolute atomic E-state index is 11.9. The SMILES string of the molecule is CC(C)(C)C(NC(=O)C1CCS(=O)(=O)C1)C(=O)O. The summed E-state index contributed by atoms with van der Waals surface area (Å²) in [6.45, 7) is 5.12. The fourth-order valence-electron chi connectivity index (χ4n) is 1.91. The molecule has 0 bridgehead atoms. The van der Waals surface area contributed by atoms with Crippen molar-refractivity contribution in [1.82, 2.24) is 5.32 Å². The highest BCUT2D eigenvalue weighted by atomic mass is 32.2. The van der Waals surface area contributed by atoms with E-state index in [4.69, 9.17) is 5.11 Å². The molecule has 0 aromatic carbocycles. The third-order valence-corrected chi connectivity index (χ3v) is 4.77. The second-order valence-corrected chi connectivity index (χ2v) is 7.97. The van der Waals surface area contributed by atoms with Crippen molar-refractivity contribution in [2.75, 3.05) is 11.5 Å². The Balaban J connectivity index is 2.72. The quantitative estimate of drug-likeness (QED) is 0.758. The lowest BCUT2D eigenvalue weighted by molar-refractivity contribution is -0.145. The zero-order valence-corrected chi connectivity index (χ0v) is 11.6. The van der Waals surface area contributed by atoms with Crippen molar-refractivity contribution in [2.45, 2.75) is 33.2 Å². The van der Waals surface area contributed by atoms with Gasteiger partial charge in [-0.25, -0.2) is 13.2 Å². The Morgan fingerprint density at radius 3 is 2.22 bits per heavy atom. The number of carbonyl (C=O) groups excluding carboxylic acids is 1. The molecule has 7 heteroatoms. The first kappa shape index (κ1) is 14.9. The minimum Gasteiger partial charge on any atom is -0.480 e. The average Bonchev–Trinajstić information content (AvgIpc) is 2.52. The predicted molar refractivity (Wildman–Crippen MR) is 65.8 cm³/mol. The molecule has 18 heavy (non-hydrogen) atoms. The molecule has 1 heterocycles. The molecule has 0 aliphatic carbocycles. The van der Waals surface area contributed by atoms with Crippen molar-refractivity contribution in [1.29, 1.82) is 0 Å². The minimum atomic E-state index is -3.14. The monoisotopic (exact) mass is 277 g/mol. The lowest BCUT2D eigenvalue weighted by Crippen LogP contribution is -2.50. The summed E-state index contributed by atoms with van der Waals surface area (Å²) in [6.07, 6.45) is 0.269. The van der Waals surface area contributed by atoms with E-state index in [0.29, 0.717) is 0 Å². The van der Waals surface area contributed by atoms with Crippen LogP contribution in [-0.4, -0.2) is 42.9 Å². The summed E-state index contributed by atoms with van der Waals surface area (Å²) in [5, 5.41) is 11.5. The lowest BCUT2D eigenvalue weighted by Gasteiger charge is -2.28. The molecule has 0 saturated carbocycles. The van der Waals surface area contributed by atoms with E-state index in [1.165, 1.54) is 0 Å². The van der Waals surface area contributed by atoms with Crippen molar-refractivity contribution >= 4 is 21.7 Å². The van der Waals surface area contributed by atoms with Gasteiger partial charge in [0.2, 0.25) is 5.91 Å². The van der Waals surface area contributed by atoms with Crippen LogP contribution in [0.3, 0.4) is 0 Å². The summed E-state index contributed by atoms with van der Waals surface area (Å²) in [6, 6.07) is -1.02. The van der Waals surface area contributed by atoms with Crippen molar-refractivity contribution < 1.29 is 23.1 Å². The van der Waals surface area contributed by atoms with E-state index in [1.807, 2.05) is 0 Å². The average molecular weight is 277 g/mol. The third kappa shape index (κ3) is 3.69. The van der Waals surface area contributed by atoms with Gasteiger partial charge in [0.25, 0.3) is 0 Å². The molecule has 1 aliphatic heterocycles. The second-order valence-electron chi connectivity index (χ2n) is 5.75. The minimum absolute atomic E-state index is 0.00164. The highest BCUT2D eigenvalue weighted by Crippen LogP contribution is 2.22. The molecule has 0 aromatic heterocycles. The third-order valence-electron chi connectivity index (χ3n) is 3.00. The van der Waals surface area contributed by atoms with Gasteiger partial charge in [0.15, 0.2) is 9.84 Å². The molecule has 1 fully saturated rings. The van der Waals surface area contributed by atoms with Gasteiger partial charge in [-0.05, 0) is 11.8 Å². The molecule has 2 atom stereocenters. The van der Waals surface area contributed by atoms with E-state index >= 15 is 0 Å². The summed E-state index contributed by atoms with van der Waals surface area (Å²) >= 11 is 0. The van der Waals surface area contributed by atoms with Crippen LogP contribution in [-0.2, 0) is 19.4 Å². The molecule has 0 aromatic rings. The van der Waals surface area contributed by atoms with Gasteiger partial charge in [-0.3, -0.25) is 4.79 Å². The molecule has 1 saturated heterocycles. The molecule has 0 spiro atoms. The molecule has 104 valence electrons. The highest BCUT2D eigenvalue weighted by molar-refractivity contribution is 7.91. The summed E-state index contributed by atoms with van der Waals surface area (Å²) < 4.78 is 22.5.